The minimum Gasteiger partial charge on any atom is -0.480 e. The molecular weight excluding hydrogens is 226 g/mol. The molecular formula is C12H16ClNO2. The van der Waals surface area contributed by atoms with Crippen LogP contribution in [0.4, 0.5) is 5.69 Å². The molecule has 88 valence electrons. The maximum atomic E-state index is 11.2. The number of carboxylic acids is 1. The maximum Gasteiger partial charge on any atom is 0.326 e. The van der Waals surface area contributed by atoms with Crippen molar-refractivity contribution in [3.63, 3.8) is 0 Å². The van der Waals surface area contributed by atoms with E-state index < -0.39 is 12.0 Å². The zero-order valence-corrected chi connectivity index (χ0v) is 10.4. The van der Waals surface area contributed by atoms with Crippen LogP contribution in [0.15, 0.2) is 24.3 Å². The Hall–Kier alpha value is -1.22. The fraction of sp³-hybridized carbons (Fsp3) is 0.417. The zero-order chi connectivity index (χ0) is 12.3. The molecule has 0 fully saturated rings. The van der Waals surface area contributed by atoms with Crippen LogP contribution in [0, 0.1) is 5.92 Å². The number of hydrogen-bond donors (Lipinski definition) is 1. The SMILES string of the molecule is CC(C)[C@@H](C(=O)O)N(C)c1ccc(Cl)cc1. The Bertz CT molecular complexity index is 362. The Morgan fingerprint density at radius 1 is 1.31 bits per heavy atom. The van der Waals surface area contributed by atoms with Crippen molar-refractivity contribution < 1.29 is 9.90 Å². The van der Waals surface area contributed by atoms with Crippen LogP contribution in [-0.4, -0.2) is 24.2 Å². The number of benzene rings is 1. The molecule has 0 saturated heterocycles. The normalized spacial score (nSPS) is 12.6. The molecule has 0 heterocycles. The number of anilines is 1. The summed E-state index contributed by atoms with van der Waals surface area (Å²) in [5.41, 5.74) is 0.852. The van der Waals surface area contributed by atoms with E-state index in [1.54, 1.807) is 24.1 Å². The van der Waals surface area contributed by atoms with Crippen LogP contribution in [0.25, 0.3) is 0 Å². The quantitative estimate of drug-likeness (QED) is 0.881. The first kappa shape index (κ1) is 12.8. The van der Waals surface area contributed by atoms with E-state index in [9.17, 15) is 4.79 Å². The molecule has 1 rings (SSSR count). The van der Waals surface area contributed by atoms with Crippen molar-refractivity contribution in [2.24, 2.45) is 5.92 Å². The van der Waals surface area contributed by atoms with Gasteiger partial charge in [-0.15, -0.1) is 0 Å². The van der Waals surface area contributed by atoms with Crippen molar-refractivity contribution in [1.29, 1.82) is 0 Å². The third-order valence-corrected chi connectivity index (χ3v) is 2.79. The van der Waals surface area contributed by atoms with E-state index >= 15 is 0 Å². The summed E-state index contributed by atoms with van der Waals surface area (Å²) in [6.45, 7) is 3.79. The summed E-state index contributed by atoms with van der Waals surface area (Å²) in [5, 5.41) is 9.81. The van der Waals surface area contributed by atoms with E-state index in [2.05, 4.69) is 0 Å². The van der Waals surface area contributed by atoms with Crippen LogP contribution in [0.1, 0.15) is 13.8 Å². The van der Waals surface area contributed by atoms with Gasteiger partial charge in [0.25, 0.3) is 0 Å². The second-order valence-electron chi connectivity index (χ2n) is 4.11. The zero-order valence-electron chi connectivity index (χ0n) is 9.64. The summed E-state index contributed by atoms with van der Waals surface area (Å²) >= 11 is 5.79. The molecule has 0 aliphatic carbocycles. The van der Waals surface area contributed by atoms with Gasteiger partial charge in [0.1, 0.15) is 6.04 Å². The van der Waals surface area contributed by atoms with Gasteiger partial charge in [0.2, 0.25) is 0 Å². The van der Waals surface area contributed by atoms with E-state index in [-0.39, 0.29) is 5.92 Å². The highest BCUT2D eigenvalue weighted by molar-refractivity contribution is 6.30. The lowest BCUT2D eigenvalue weighted by atomic mass is 10.0. The molecule has 0 saturated carbocycles. The van der Waals surface area contributed by atoms with Gasteiger partial charge in [0.15, 0.2) is 0 Å². The lowest BCUT2D eigenvalue weighted by Gasteiger charge is -2.29. The minimum atomic E-state index is -0.813. The van der Waals surface area contributed by atoms with Crippen molar-refractivity contribution in [2.45, 2.75) is 19.9 Å². The van der Waals surface area contributed by atoms with Gasteiger partial charge in [-0.25, -0.2) is 4.79 Å². The Balaban J connectivity index is 2.94. The average molecular weight is 242 g/mol. The number of nitrogens with zero attached hydrogens (tertiary/aromatic N) is 1. The summed E-state index contributed by atoms with van der Waals surface area (Å²) in [5.74, 6) is -0.773. The third kappa shape index (κ3) is 2.89. The van der Waals surface area contributed by atoms with E-state index in [1.807, 2.05) is 26.0 Å². The van der Waals surface area contributed by atoms with Crippen molar-refractivity contribution in [3.05, 3.63) is 29.3 Å². The van der Waals surface area contributed by atoms with Crippen LogP contribution in [-0.2, 0) is 4.79 Å². The van der Waals surface area contributed by atoms with Gasteiger partial charge in [-0.3, -0.25) is 0 Å². The molecule has 0 aliphatic rings. The Morgan fingerprint density at radius 2 is 1.81 bits per heavy atom. The largest absolute Gasteiger partial charge is 0.480 e. The number of carbonyl (C=O) groups is 1. The number of hydrogen-bond acceptors (Lipinski definition) is 2. The number of aliphatic carboxylic acids is 1. The topological polar surface area (TPSA) is 40.5 Å². The molecule has 1 atom stereocenters. The lowest BCUT2D eigenvalue weighted by molar-refractivity contribution is -0.139. The highest BCUT2D eigenvalue weighted by Gasteiger charge is 2.26. The fourth-order valence-corrected chi connectivity index (χ4v) is 1.86. The summed E-state index contributed by atoms with van der Waals surface area (Å²) < 4.78 is 0. The maximum absolute atomic E-state index is 11.2. The highest BCUT2D eigenvalue weighted by Crippen LogP contribution is 2.21. The number of likely N-dealkylation sites (N-methyl/N-ethyl adjacent to an activating group) is 1. The van der Waals surface area contributed by atoms with Gasteiger partial charge in [-0.2, -0.15) is 0 Å². The van der Waals surface area contributed by atoms with E-state index in [0.717, 1.165) is 5.69 Å². The molecule has 3 nitrogen and oxygen atoms in total. The molecule has 1 aromatic carbocycles. The average Bonchev–Trinajstić information content (AvgIpc) is 2.17. The molecule has 0 radical (unpaired) electrons. The van der Waals surface area contributed by atoms with E-state index in [1.165, 1.54) is 0 Å². The molecule has 0 spiro atoms. The first-order valence-corrected chi connectivity index (χ1v) is 5.52. The first-order chi connectivity index (χ1) is 7.43. The van der Waals surface area contributed by atoms with E-state index in [0.29, 0.717) is 5.02 Å². The molecule has 0 unspecified atom stereocenters. The smallest absolute Gasteiger partial charge is 0.326 e. The summed E-state index contributed by atoms with van der Waals surface area (Å²) in [4.78, 5) is 12.9. The van der Waals surface area contributed by atoms with Gasteiger partial charge in [0, 0.05) is 17.8 Å². The molecule has 0 amide bonds. The summed E-state index contributed by atoms with van der Waals surface area (Å²) in [6.07, 6.45) is 0. The van der Waals surface area contributed by atoms with Gasteiger partial charge in [0.05, 0.1) is 0 Å². The van der Waals surface area contributed by atoms with Crippen molar-refractivity contribution >= 4 is 23.3 Å². The number of carboxylic acid groups (broad SMARTS) is 1. The first-order valence-electron chi connectivity index (χ1n) is 5.14. The van der Waals surface area contributed by atoms with Crippen molar-refractivity contribution in [2.75, 3.05) is 11.9 Å². The third-order valence-electron chi connectivity index (χ3n) is 2.54. The molecule has 4 heteroatoms. The molecule has 16 heavy (non-hydrogen) atoms. The van der Waals surface area contributed by atoms with Crippen molar-refractivity contribution in [3.8, 4) is 0 Å². The van der Waals surface area contributed by atoms with Crippen molar-refractivity contribution in [1.82, 2.24) is 0 Å². The number of rotatable bonds is 4. The van der Waals surface area contributed by atoms with Gasteiger partial charge < -0.3 is 10.0 Å². The van der Waals surface area contributed by atoms with Crippen LogP contribution in [0.2, 0.25) is 5.02 Å². The predicted molar refractivity (Wildman–Crippen MR) is 66.1 cm³/mol. The summed E-state index contributed by atoms with van der Waals surface area (Å²) in [7, 11) is 1.78. The van der Waals surface area contributed by atoms with Gasteiger partial charge in [-0.1, -0.05) is 25.4 Å². The van der Waals surface area contributed by atoms with E-state index in [4.69, 9.17) is 16.7 Å². The highest BCUT2D eigenvalue weighted by atomic mass is 35.5. The van der Waals surface area contributed by atoms with Crippen LogP contribution >= 0.6 is 11.6 Å². The minimum absolute atomic E-state index is 0.0400. The van der Waals surface area contributed by atoms with Gasteiger partial charge in [-0.05, 0) is 30.2 Å². The monoisotopic (exact) mass is 241 g/mol. The lowest BCUT2D eigenvalue weighted by Crippen LogP contribution is -2.42. The molecule has 0 bridgehead atoms. The molecule has 1 aromatic rings. The van der Waals surface area contributed by atoms with Gasteiger partial charge >= 0.3 is 5.97 Å². The molecule has 1 N–H and O–H groups in total. The molecule has 0 aliphatic heterocycles. The predicted octanol–water partition coefficient (Wildman–Crippen LogP) is 2.89. The Morgan fingerprint density at radius 3 is 2.19 bits per heavy atom. The number of halogens is 1. The van der Waals surface area contributed by atoms with Crippen LogP contribution in [0.3, 0.4) is 0 Å². The van der Waals surface area contributed by atoms with Crippen LogP contribution in [0.5, 0.6) is 0 Å². The fourth-order valence-electron chi connectivity index (χ4n) is 1.73. The second-order valence-corrected chi connectivity index (χ2v) is 4.55. The standard InChI is InChI=1S/C12H16ClNO2/c1-8(2)11(12(15)16)14(3)10-6-4-9(13)5-7-10/h4-8,11H,1-3H3,(H,15,16)/t11-/m0/s1. The second kappa shape index (κ2) is 5.21. The molecule has 0 aromatic heterocycles. The Kier molecular flexibility index (Phi) is 4.19. The van der Waals surface area contributed by atoms with Crippen LogP contribution < -0.4 is 4.90 Å². The Labute approximate surface area is 101 Å². The summed E-state index contributed by atoms with van der Waals surface area (Å²) in [6, 6.07) is 6.63.